The number of esters is 1. The van der Waals surface area contributed by atoms with Gasteiger partial charge in [0.2, 0.25) is 0 Å². The Morgan fingerprint density at radius 1 is 1.38 bits per heavy atom. The number of rotatable bonds is 8. The van der Waals surface area contributed by atoms with E-state index in [4.69, 9.17) is 14.2 Å². The zero-order valence-corrected chi connectivity index (χ0v) is 16.2. The zero-order valence-electron chi connectivity index (χ0n) is 16.2. The molecule has 2 heterocycles. The number of carbonyl (C=O) groups is 1. The van der Waals surface area contributed by atoms with Gasteiger partial charge in [-0.15, -0.1) is 0 Å². The SMILES string of the molecule is CCCC[C@@H](F)CC=C(OC1CCCCO1)[C@@]12CCC[C@@]1(C)OC(=O)C2. The first kappa shape index (κ1) is 19.7. The van der Waals surface area contributed by atoms with Crippen LogP contribution in [0.25, 0.3) is 0 Å². The summed E-state index contributed by atoms with van der Waals surface area (Å²) in [5.74, 6) is 0.559. The van der Waals surface area contributed by atoms with Crippen LogP contribution in [-0.4, -0.2) is 30.6 Å². The first-order valence-electron chi connectivity index (χ1n) is 10.3. The van der Waals surface area contributed by atoms with Crippen LogP contribution in [0.1, 0.15) is 84.5 Å². The van der Waals surface area contributed by atoms with E-state index in [2.05, 4.69) is 6.92 Å². The largest absolute Gasteiger partial charge is 0.469 e. The lowest BCUT2D eigenvalue weighted by Gasteiger charge is -2.38. The highest BCUT2D eigenvalue weighted by Crippen LogP contribution is 2.60. The summed E-state index contributed by atoms with van der Waals surface area (Å²) in [5, 5.41) is 0. The predicted molar refractivity (Wildman–Crippen MR) is 97.2 cm³/mol. The molecule has 3 aliphatic rings. The van der Waals surface area contributed by atoms with Gasteiger partial charge in [-0.05, 0) is 51.5 Å². The quantitative estimate of drug-likeness (QED) is 0.436. The lowest BCUT2D eigenvalue weighted by Crippen LogP contribution is -2.41. The van der Waals surface area contributed by atoms with Crippen molar-refractivity contribution in [3.63, 3.8) is 0 Å². The van der Waals surface area contributed by atoms with Crippen LogP contribution in [0.4, 0.5) is 4.39 Å². The van der Waals surface area contributed by atoms with E-state index < -0.39 is 17.2 Å². The Labute approximate surface area is 156 Å². The number of hydrogen-bond donors (Lipinski definition) is 0. The van der Waals surface area contributed by atoms with Crippen molar-refractivity contribution >= 4 is 5.97 Å². The normalized spacial score (nSPS) is 35.9. The molecule has 2 saturated heterocycles. The van der Waals surface area contributed by atoms with Gasteiger partial charge < -0.3 is 14.2 Å². The van der Waals surface area contributed by atoms with Gasteiger partial charge in [-0.1, -0.05) is 19.8 Å². The number of fused-ring (bicyclic) bond motifs is 1. The van der Waals surface area contributed by atoms with Crippen molar-refractivity contribution < 1.29 is 23.4 Å². The lowest BCUT2D eigenvalue weighted by molar-refractivity contribution is -0.160. The van der Waals surface area contributed by atoms with Crippen LogP contribution in [0.15, 0.2) is 11.8 Å². The molecule has 0 aromatic carbocycles. The van der Waals surface area contributed by atoms with E-state index in [0.29, 0.717) is 25.9 Å². The first-order valence-corrected chi connectivity index (χ1v) is 10.3. The molecule has 5 heteroatoms. The van der Waals surface area contributed by atoms with E-state index in [1.807, 2.05) is 13.0 Å². The molecular weight excluding hydrogens is 335 g/mol. The summed E-state index contributed by atoms with van der Waals surface area (Å²) < 4.78 is 32.1. The molecule has 1 unspecified atom stereocenters. The number of hydrogen-bond acceptors (Lipinski definition) is 4. The van der Waals surface area contributed by atoms with Crippen molar-refractivity contribution in [1.82, 2.24) is 0 Å². The van der Waals surface area contributed by atoms with Crippen molar-refractivity contribution in [3.8, 4) is 0 Å². The highest BCUT2D eigenvalue weighted by Gasteiger charge is 2.63. The van der Waals surface area contributed by atoms with Crippen LogP contribution in [0.5, 0.6) is 0 Å². The van der Waals surface area contributed by atoms with E-state index >= 15 is 0 Å². The summed E-state index contributed by atoms with van der Waals surface area (Å²) in [6.45, 7) is 4.77. The molecule has 2 aliphatic heterocycles. The second-order valence-corrected chi connectivity index (χ2v) is 8.27. The Balaban J connectivity index is 1.81. The lowest BCUT2D eigenvalue weighted by atomic mass is 9.72. The van der Waals surface area contributed by atoms with Crippen LogP contribution in [-0.2, 0) is 19.0 Å². The third kappa shape index (κ3) is 3.92. The molecule has 1 saturated carbocycles. The summed E-state index contributed by atoms with van der Waals surface area (Å²) in [4.78, 5) is 12.1. The Morgan fingerprint density at radius 2 is 2.23 bits per heavy atom. The van der Waals surface area contributed by atoms with Crippen molar-refractivity contribution in [2.45, 2.75) is 103 Å². The molecule has 148 valence electrons. The van der Waals surface area contributed by atoms with E-state index in [1.165, 1.54) is 0 Å². The van der Waals surface area contributed by atoms with E-state index in [-0.39, 0.29) is 12.3 Å². The van der Waals surface area contributed by atoms with Gasteiger partial charge in [0.15, 0.2) is 6.29 Å². The fourth-order valence-electron chi connectivity index (χ4n) is 4.74. The molecule has 0 aromatic heterocycles. The van der Waals surface area contributed by atoms with Gasteiger partial charge in [0.1, 0.15) is 17.5 Å². The van der Waals surface area contributed by atoms with Gasteiger partial charge in [-0.25, -0.2) is 4.39 Å². The fraction of sp³-hybridized carbons (Fsp3) is 0.857. The second-order valence-electron chi connectivity index (χ2n) is 8.27. The number of ether oxygens (including phenoxy) is 3. The first-order chi connectivity index (χ1) is 12.5. The number of halogens is 1. The fourth-order valence-corrected chi connectivity index (χ4v) is 4.74. The van der Waals surface area contributed by atoms with Gasteiger partial charge in [0, 0.05) is 12.8 Å². The van der Waals surface area contributed by atoms with Crippen molar-refractivity contribution in [2.75, 3.05) is 6.61 Å². The molecule has 0 amide bonds. The zero-order chi connectivity index (χ0) is 18.6. The minimum atomic E-state index is -0.872. The average molecular weight is 368 g/mol. The molecule has 4 nitrogen and oxygen atoms in total. The van der Waals surface area contributed by atoms with Crippen LogP contribution in [0.2, 0.25) is 0 Å². The molecule has 0 N–H and O–H groups in total. The Bertz CT molecular complexity index is 528. The van der Waals surface area contributed by atoms with Crippen molar-refractivity contribution in [1.29, 1.82) is 0 Å². The maximum atomic E-state index is 14.3. The van der Waals surface area contributed by atoms with Crippen molar-refractivity contribution in [3.05, 3.63) is 11.8 Å². The van der Waals surface area contributed by atoms with Gasteiger partial charge in [0.25, 0.3) is 0 Å². The van der Waals surface area contributed by atoms with Crippen LogP contribution >= 0.6 is 0 Å². The molecule has 4 atom stereocenters. The van der Waals surface area contributed by atoms with Gasteiger partial charge >= 0.3 is 5.97 Å². The molecule has 0 radical (unpaired) electrons. The summed E-state index contributed by atoms with van der Waals surface area (Å²) in [5.41, 5.74) is -1.00. The standard InChI is InChI=1S/C21H33FO4/c1-3-4-8-16(22)10-11-17(25-19-9-5-6-14-24-19)21-13-7-12-20(21,2)26-18(23)15-21/h11,16,19H,3-10,12-15H2,1-2H3/t16-,19?,20-,21+/m1/s1. The van der Waals surface area contributed by atoms with Crippen LogP contribution < -0.4 is 0 Å². The molecule has 0 spiro atoms. The molecule has 0 aromatic rings. The minimum absolute atomic E-state index is 0.172. The maximum Gasteiger partial charge on any atom is 0.307 e. The van der Waals surface area contributed by atoms with Gasteiger partial charge in [-0.3, -0.25) is 4.79 Å². The van der Waals surface area contributed by atoms with E-state index in [9.17, 15) is 9.18 Å². The molecule has 3 rings (SSSR count). The summed E-state index contributed by atoms with van der Waals surface area (Å²) in [6, 6.07) is 0. The Hall–Kier alpha value is -1.10. The third-order valence-corrected chi connectivity index (χ3v) is 6.35. The Kier molecular flexibility index (Phi) is 6.26. The van der Waals surface area contributed by atoms with Crippen LogP contribution in [0.3, 0.4) is 0 Å². The molecule has 3 fully saturated rings. The van der Waals surface area contributed by atoms with Gasteiger partial charge in [0.05, 0.1) is 18.4 Å². The van der Waals surface area contributed by atoms with E-state index in [1.54, 1.807) is 0 Å². The summed E-state index contributed by atoms with van der Waals surface area (Å²) in [7, 11) is 0. The third-order valence-electron chi connectivity index (χ3n) is 6.35. The molecular formula is C21H33FO4. The van der Waals surface area contributed by atoms with Crippen molar-refractivity contribution in [2.24, 2.45) is 5.41 Å². The average Bonchev–Trinajstić information content (AvgIpc) is 3.06. The molecule has 0 bridgehead atoms. The summed E-state index contributed by atoms with van der Waals surface area (Å²) >= 11 is 0. The van der Waals surface area contributed by atoms with Crippen LogP contribution in [0, 0.1) is 5.41 Å². The monoisotopic (exact) mass is 368 g/mol. The Morgan fingerprint density at radius 3 is 2.96 bits per heavy atom. The highest BCUT2D eigenvalue weighted by atomic mass is 19.1. The molecule has 26 heavy (non-hydrogen) atoms. The minimum Gasteiger partial charge on any atom is -0.469 e. The maximum absolute atomic E-state index is 14.3. The topological polar surface area (TPSA) is 44.8 Å². The smallest absolute Gasteiger partial charge is 0.307 e. The van der Waals surface area contributed by atoms with Gasteiger partial charge in [-0.2, -0.15) is 0 Å². The number of carbonyl (C=O) groups excluding carboxylic acids is 1. The number of alkyl halides is 1. The van der Waals surface area contributed by atoms with E-state index in [0.717, 1.165) is 57.1 Å². The number of unbranched alkanes of at least 4 members (excludes halogenated alkanes) is 1. The molecule has 1 aliphatic carbocycles. The number of allylic oxidation sites excluding steroid dienone is 1. The predicted octanol–water partition coefficient (Wildman–Crippen LogP) is 5.21. The highest BCUT2D eigenvalue weighted by molar-refractivity contribution is 5.75. The second kappa shape index (κ2) is 8.28. The summed E-state index contributed by atoms with van der Waals surface area (Å²) in [6.07, 6.45) is 9.47.